The Morgan fingerprint density at radius 1 is 1.14 bits per heavy atom. The first kappa shape index (κ1) is 26.5. The summed E-state index contributed by atoms with van der Waals surface area (Å²) in [5.41, 5.74) is 4.16. The van der Waals surface area contributed by atoms with Crippen LogP contribution in [-0.4, -0.2) is 65.2 Å². The summed E-state index contributed by atoms with van der Waals surface area (Å²) in [6, 6.07) is 11.3. The van der Waals surface area contributed by atoms with Crippen molar-refractivity contribution in [3.05, 3.63) is 71.0 Å². The van der Waals surface area contributed by atoms with Gasteiger partial charge in [0, 0.05) is 42.3 Å². The largest absolute Gasteiger partial charge is 0.483 e. The lowest BCUT2D eigenvalue weighted by atomic mass is 10.1. The van der Waals surface area contributed by atoms with Crippen molar-refractivity contribution in [1.82, 2.24) is 15.3 Å². The number of nitrogens with one attached hydrogen (secondary N) is 1. The van der Waals surface area contributed by atoms with Crippen LogP contribution in [0.5, 0.6) is 5.75 Å². The number of amides is 1. The standard InChI is InChI=1S/C25H29ClFN3O5/c1-16-12-30(17(2)11-29(16)13-19-4-7-21(27)8-5-19)24(31)14-34-23-9-6-20(26)10-22(23)18(3)28-35-15-25(32)33/h4-10,16-17,28H,3,11-15H2,1-2H3,(H,32,33)/t16-,17+/m0/s1. The summed E-state index contributed by atoms with van der Waals surface area (Å²) in [6.45, 7) is 9.01. The van der Waals surface area contributed by atoms with Crippen LogP contribution in [0.2, 0.25) is 5.02 Å². The molecule has 10 heteroatoms. The van der Waals surface area contributed by atoms with Crippen molar-refractivity contribution >= 4 is 29.2 Å². The van der Waals surface area contributed by atoms with Crippen LogP contribution >= 0.6 is 11.6 Å². The van der Waals surface area contributed by atoms with E-state index in [9.17, 15) is 14.0 Å². The predicted octanol–water partition coefficient (Wildman–Crippen LogP) is 3.56. The number of carbonyl (C=O) groups excluding carboxylic acids is 1. The SMILES string of the molecule is C=C(NOCC(=O)O)c1cc(Cl)ccc1OCC(=O)N1C[C@H](C)N(Cc2ccc(F)cc2)C[C@H]1C. The molecule has 2 N–H and O–H groups in total. The first-order valence-corrected chi connectivity index (χ1v) is 11.5. The summed E-state index contributed by atoms with van der Waals surface area (Å²) >= 11 is 6.09. The number of nitrogens with zero attached hydrogens (tertiary/aromatic N) is 2. The molecule has 0 aromatic heterocycles. The van der Waals surface area contributed by atoms with Gasteiger partial charge < -0.3 is 14.7 Å². The average molecular weight is 506 g/mol. The zero-order chi connectivity index (χ0) is 25.5. The van der Waals surface area contributed by atoms with Crippen LogP contribution in [-0.2, 0) is 21.0 Å². The number of hydroxylamine groups is 1. The van der Waals surface area contributed by atoms with Crippen molar-refractivity contribution in [2.45, 2.75) is 32.5 Å². The minimum atomic E-state index is -1.14. The second kappa shape index (κ2) is 12.0. The van der Waals surface area contributed by atoms with E-state index in [1.165, 1.54) is 12.1 Å². The van der Waals surface area contributed by atoms with Crippen molar-refractivity contribution < 1.29 is 28.7 Å². The van der Waals surface area contributed by atoms with Crippen LogP contribution in [0.1, 0.15) is 25.0 Å². The Morgan fingerprint density at radius 3 is 2.54 bits per heavy atom. The number of ether oxygens (including phenoxy) is 1. The van der Waals surface area contributed by atoms with Gasteiger partial charge in [-0.05, 0) is 49.7 Å². The minimum Gasteiger partial charge on any atom is -0.483 e. The third kappa shape index (κ3) is 7.42. The van der Waals surface area contributed by atoms with Crippen LogP contribution in [0, 0.1) is 5.82 Å². The van der Waals surface area contributed by atoms with Crippen LogP contribution in [0.25, 0.3) is 5.70 Å². The van der Waals surface area contributed by atoms with E-state index in [0.717, 1.165) is 5.56 Å². The molecule has 0 radical (unpaired) electrons. The molecule has 1 heterocycles. The number of carboxylic acids is 1. The lowest BCUT2D eigenvalue weighted by Crippen LogP contribution is -2.58. The summed E-state index contributed by atoms with van der Waals surface area (Å²) in [7, 11) is 0. The molecule has 0 saturated carbocycles. The number of hydrogen-bond acceptors (Lipinski definition) is 6. The zero-order valence-electron chi connectivity index (χ0n) is 19.7. The van der Waals surface area contributed by atoms with Gasteiger partial charge in [-0.1, -0.05) is 30.3 Å². The molecule has 2 atom stereocenters. The van der Waals surface area contributed by atoms with E-state index < -0.39 is 12.6 Å². The summed E-state index contributed by atoms with van der Waals surface area (Å²) in [5.74, 6) is -1.21. The molecule has 0 spiro atoms. The van der Waals surface area contributed by atoms with Gasteiger partial charge in [-0.25, -0.2) is 9.18 Å². The van der Waals surface area contributed by atoms with Gasteiger partial charge in [0.05, 0.1) is 5.70 Å². The smallest absolute Gasteiger partial charge is 0.332 e. The fourth-order valence-electron chi connectivity index (χ4n) is 3.92. The molecule has 1 fully saturated rings. The van der Waals surface area contributed by atoms with Gasteiger partial charge in [-0.3, -0.25) is 20.0 Å². The number of halogens is 2. The van der Waals surface area contributed by atoms with Crippen molar-refractivity contribution in [3.63, 3.8) is 0 Å². The number of rotatable bonds is 10. The van der Waals surface area contributed by atoms with E-state index >= 15 is 0 Å². The number of hydrogen-bond donors (Lipinski definition) is 2. The molecule has 0 unspecified atom stereocenters. The predicted molar refractivity (Wildman–Crippen MR) is 130 cm³/mol. The van der Waals surface area contributed by atoms with Crippen molar-refractivity contribution in [2.75, 3.05) is 26.3 Å². The van der Waals surface area contributed by atoms with Crippen LogP contribution in [0.15, 0.2) is 49.0 Å². The molecule has 35 heavy (non-hydrogen) atoms. The monoisotopic (exact) mass is 505 g/mol. The fraction of sp³-hybridized carbons (Fsp3) is 0.360. The molecule has 1 aliphatic rings. The maximum absolute atomic E-state index is 13.2. The molecule has 2 aromatic rings. The van der Waals surface area contributed by atoms with Gasteiger partial charge in [0.2, 0.25) is 0 Å². The maximum atomic E-state index is 13.2. The van der Waals surface area contributed by atoms with E-state index in [2.05, 4.69) is 23.9 Å². The summed E-state index contributed by atoms with van der Waals surface area (Å²) < 4.78 is 19.0. The van der Waals surface area contributed by atoms with Gasteiger partial charge in [0.15, 0.2) is 13.2 Å². The Hall–Kier alpha value is -3.14. The van der Waals surface area contributed by atoms with E-state index in [-0.39, 0.29) is 36.1 Å². The van der Waals surface area contributed by atoms with Gasteiger partial charge in [0.25, 0.3) is 5.91 Å². The highest BCUT2D eigenvalue weighted by atomic mass is 35.5. The molecule has 8 nitrogen and oxygen atoms in total. The lowest BCUT2D eigenvalue weighted by molar-refractivity contribution is -0.144. The number of carboxylic acid groups (broad SMARTS) is 1. The van der Waals surface area contributed by atoms with Crippen LogP contribution in [0.3, 0.4) is 0 Å². The van der Waals surface area contributed by atoms with Crippen LogP contribution < -0.4 is 10.2 Å². The first-order chi connectivity index (χ1) is 16.6. The molecule has 0 aliphatic carbocycles. The Morgan fingerprint density at radius 2 is 1.86 bits per heavy atom. The van der Waals surface area contributed by atoms with Gasteiger partial charge in [-0.2, -0.15) is 0 Å². The van der Waals surface area contributed by atoms with E-state index in [0.29, 0.717) is 36.0 Å². The Bertz CT molecular complexity index is 1070. The summed E-state index contributed by atoms with van der Waals surface area (Å²) in [5, 5.41) is 9.12. The number of piperazine rings is 1. The highest BCUT2D eigenvalue weighted by Crippen LogP contribution is 2.28. The van der Waals surface area contributed by atoms with Gasteiger partial charge >= 0.3 is 5.97 Å². The number of benzene rings is 2. The topological polar surface area (TPSA) is 91.3 Å². The molecule has 3 rings (SSSR count). The molecule has 0 bridgehead atoms. The first-order valence-electron chi connectivity index (χ1n) is 11.1. The Kier molecular flexibility index (Phi) is 9.08. The molecule has 1 aliphatic heterocycles. The second-order valence-corrected chi connectivity index (χ2v) is 8.93. The van der Waals surface area contributed by atoms with Crippen LogP contribution in [0.4, 0.5) is 4.39 Å². The Labute approximate surface area is 208 Å². The summed E-state index contributed by atoms with van der Waals surface area (Å²) in [4.78, 5) is 32.6. The molecule has 188 valence electrons. The normalized spacial score (nSPS) is 18.2. The zero-order valence-corrected chi connectivity index (χ0v) is 20.4. The second-order valence-electron chi connectivity index (χ2n) is 8.49. The highest BCUT2D eigenvalue weighted by Gasteiger charge is 2.32. The molecular formula is C25H29ClFN3O5. The van der Waals surface area contributed by atoms with Gasteiger partial charge in [-0.15, -0.1) is 0 Å². The third-order valence-corrected chi connectivity index (χ3v) is 5.98. The number of aliphatic carboxylic acids is 1. The molecule has 1 amide bonds. The molecular weight excluding hydrogens is 477 g/mol. The van der Waals surface area contributed by atoms with Crippen molar-refractivity contribution in [2.24, 2.45) is 0 Å². The quantitative estimate of drug-likeness (QED) is 0.477. The van der Waals surface area contributed by atoms with E-state index in [4.69, 9.17) is 26.3 Å². The minimum absolute atomic E-state index is 0.0338. The molecule has 1 saturated heterocycles. The fourth-order valence-corrected chi connectivity index (χ4v) is 4.09. The number of carbonyl (C=O) groups is 2. The van der Waals surface area contributed by atoms with Crippen molar-refractivity contribution in [3.8, 4) is 5.75 Å². The van der Waals surface area contributed by atoms with Crippen molar-refractivity contribution in [1.29, 1.82) is 0 Å². The van der Waals surface area contributed by atoms with E-state index in [1.807, 2.05) is 6.92 Å². The third-order valence-electron chi connectivity index (χ3n) is 5.74. The highest BCUT2D eigenvalue weighted by molar-refractivity contribution is 6.30. The molecule has 2 aromatic carbocycles. The van der Waals surface area contributed by atoms with E-state index in [1.54, 1.807) is 35.2 Å². The summed E-state index contributed by atoms with van der Waals surface area (Å²) in [6.07, 6.45) is 0. The Balaban J connectivity index is 1.59. The lowest BCUT2D eigenvalue weighted by Gasteiger charge is -2.44. The average Bonchev–Trinajstić information content (AvgIpc) is 2.81. The van der Waals surface area contributed by atoms with Gasteiger partial charge in [0.1, 0.15) is 11.6 Å². The maximum Gasteiger partial charge on any atom is 0.332 e.